The molecule has 1 N–H and O–H groups in total. The van der Waals surface area contributed by atoms with E-state index in [9.17, 15) is 14.7 Å². The van der Waals surface area contributed by atoms with Gasteiger partial charge in [-0.15, -0.1) is 0 Å². The number of hydrogen-bond acceptors (Lipinski definition) is 5. The molecule has 7 heteroatoms. The monoisotopic (exact) mass is 460 g/mol. The van der Waals surface area contributed by atoms with E-state index in [4.69, 9.17) is 0 Å². The zero-order valence-corrected chi connectivity index (χ0v) is 19.8. The van der Waals surface area contributed by atoms with Crippen LogP contribution >= 0.6 is 0 Å². The molecule has 4 rings (SSSR count). The Labute approximate surface area is 200 Å². The van der Waals surface area contributed by atoms with E-state index in [-0.39, 0.29) is 30.2 Å². The average Bonchev–Trinajstić information content (AvgIpc) is 3.25. The van der Waals surface area contributed by atoms with Gasteiger partial charge in [0.25, 0.3) is 0 Å². The first kappa shape index (κ1) is 23.9. The molecule has 0 fully saturated rings. The number of nitrogens with zero attached hydrogens (tertiary/aromatic N) is 4. The molecular formula is C27H32N4O3. The van der Waals surface area contributed by atoms with Gasteiger partial charge in [0.05, 0.1) is 17.8 Å². The maximum absolute atomic E-state index is 13.0. The molecule has 1 unspecified atom stereocenters. The first-order valence-electron chi connectivity index (χ1n) is 11.9. The van der Waals surface area contributed by atoms with E-state index in [0.717, 1.165) is 29.8 Å². The number of rotatable bonds is 9. The van der Waals surface area contributed by atoms with Crippen LogP contribution in [0.1, 0.15) is 56.3 Å². The highest BCUT2D eigenvalue weighted by Gasteiger charge is 2.28. The van der Waals surface area contributed by atoms with Crippen LogP contribution in [-0.2, 0) is 4.79 Å². The Morgan fingerprint density at radius 1 is 1.09 bits per heavy atom. The van der Waals surface area contributed by atoms with Gasteiger partial charge in [0.15, 0.2) is 5.78 Å². The highest BCUT2D eigenvalue weighted by atomic mass is 16.3. The van der Waals surface area contributed by atoms with Crippen LogP contribution < -0.4 is 5.69 Å². The van der Waals surface area contributed by atoms with Gasteiger partial charge in [0.1, 0.15) is 6.33 Å². The van der Waals surface area contributed by atoms with Crippen molar-refractivity contribution in [3.05, 3.63) is 88.6 Å². The molecule has 0 radical (unpaired) electrons. The molecule has 0 saturated heterocycles. The number of benzene rings is 2. The van der Waals surface area contributed by atoms with E-state index in [1.807, 2.05) is 68.4 Å². The second-order valence-corrected chi connectivity index (χ2v) is 8.95. The lowest BCUT2D eigenvalue weighted by Gasteiger charge is -2.33. The normalized spacial score (nSPS) is 15.4. The molecule has 1 atom stereocenters. The minimum Gasteiger partial charge on any atom is -0.396 e. The molecule has 0 amide bonds. The van der Waals surface area contributed by atoms with Crippen molar-refractivity contribution in [1.29, 1.82) is 0 Å². The Morgan fingerprint density at radius 2 is 1.82 bits per heavy atom. The number of carbonyl (C=O) groups excluding carboxylic acids is 1. The molecule has 1 aliphatic heterocycles. The molecular weight excluding hydrogens is 428 g/mol. The summed E-state index contributed by atoms with van der Waals surface area (Å²) in [5, 5.41) is 13.4. The molecule has 0 aliphatic carbocycles. The van der Waals surface area contributed by atoms with Crippen molar-refractivity contribution in [2.75, 3.05) is 19.7 Å². The minimum absolute atomic E-state index is 0.0126. The van der Waals surface area contributed by atoms with Gasteiger partial charge in [-0.3, -0.25) is 9.69 Å². The fourth-order valence-electron chi connectivity index (χ4n) is 4.49. The summed E-state index contributed by atoms with van der Waals surface area (Å²) in [6, 6.07) is 17.6. The van der Waals surface area contributed by atoms with Crippen LogP contribution in [-0.4, -0.2) is 49.8 Å². The van der Waals surface area contributed by atoms with Gasteiger partial charge in [-0.2, -0.15) is 5.10 Å². The van der Waals surface area contributed by atoms with Crippen LogP contribution in [0.15, 0.2) is 71.8 Å². The number of aromatic nitrogens is 3. The van der Waals surface area contributed by atoms with Crippen LogP contribution in [0.25, 0.3) is 11.3 Å². The van der Waals surface area contributed by atoms with Gasteiger partial charge in [0.2, 0.25) is 0 Å². The molecule has 34 heavy (non-hydrogen) atoms. The third kappa shape index (κ3) is 5.11. The zero-order valence-electron chi connectivity index (χ0n) is 19.8. The van der Waals surface area contributed by atoms with Crippen molar-refractivity contribution in [3.8, 4) is 5.69 Å². The van der Waals surface area contributed by atoms with E-state index in [0.29, 0.717) is 19.4 Å². The molecule has 0 spiro atoms. The molecule has 1 aliphatic rings. The smallest absolute Gasteiger partial charge is 0.350 e. The summed E-state index contributed by atoms with van der Waals surface area (Å²) in [4.78, 5) is 27.7. The molecule has 178 valence electrons. The number of Topliss-reactive ketones (excluding diaryl/α,β-unsaturated/α-hetero) is 1. The topological polar surface area (TPSA) is 80.4 Å². The standard InChI is InChI=1S/C27H32N4O3/c1-20(2)31-27(34)30(19-28-31)24-12-10-21(11-13-24)22-14-16-29(17-15-22)26(25(33)9-6-18-32)23-7-4-3-5-8-23/h3-5,7-8,10-14,19-20,26,32H,6,9,15-18H2,1-2H3. The Morgan fingerprint density at radius 3 is 2.41 bits per heavy atom. The lowest BCUT2D eigenvalue weighted by atomic mass is 9.94. The van der Waals surface area contributed by atoms with Gasteiger partial charge >= 0.3 is 5.69 Å². The third-order valence-electron chi connectivity index (χ3n) is 6.31. The molecule has 1 aromatic heterocycles. The summed E-state index contributed by atoms with van der Waals surface area (Å²) in [5.74, 6) is 0.147. The van der Waals surface area contributed by atoms with Gasteiger partial charge in [-0.05, 0) is 55.5 Å². The van der Waals surface area contributed by atoms with E-state index in [1.54, 1.807) is 10.9 Å². The van der Waals surface area contributed by atoms with Crippen molar-refractivity contribution < 1.29 is 9.90 Å². The average molecular weight is 461 g/mol. The third-order valence-corrected chi connectivity index (χ3v) is 6.31. The summed E-state index contributed by atoms with van der Waals surface area (Å²) >= 11 is 0. The summed E-state index contributed by atoms with van der Waals surface area (Å²) in [6.07, 6.45) is 5.45. The van der Waals surface area contributed by atoms with Crippen LogP contribution in [0.2, 0.25) is 0 Å². The lowest BCUT2D eigenvalue weighted by molar-refractivity contribution is -0.124. The second-order valence-electron chi connectivity index (χ2n) is 8.95. The molecule has 0 saturated carbocycles. The molecule has 7 nitrogen and oxygen atoms in total. The van der Waals surface area contributed by atoms with Crippen molar-refractivity contribution in [3.63, 3.8) is 0 Å². The number of carbonyl (C=O) groups is 1. The number of ketones is 1. The van der Waals surface area contributed by atoms with Gasteiger partial charge < -0.3 is 5.11 Å². The van der Waals surface area contributed by atoms with Crippen LogP contribution in [0.5, 0.6) is 0 Å². The molecule has 2 aromatic carbocycles. The van der Waals surface area contributed by atoms with E-state index >= 15 is 0 Å². The van der Waals surface area contributed by atoms with Crippen LogP contribution in [0.4, 0.5) is 0 Å². The first-order valence-corrected chi connectivity index (χ1v) is 11.9. The molecule has 0 bridgehead atoms. The SMILES string of the molecule is CC(C)n1ncn(-c2ccc(C3=CCN(C(C(=O)CCCO)c4ccccc4)CC3)cc2)c1=O. The Hall–Kier alpha value is -3.29. The quantitative estimate of drug-likeness (QED) is 0.526. The summed E-state index contributed by atoms with van der Waals surface area (Å²) in [5.41, 5.74) is 4.00. The predicted octanol–water partition coefficient (Wildman–Crippen LogP) is 3.79. The van der Waals surface area contributed by atoms with Gasteiger partial charge in [-0.25, -0.2) is 14.0 Å². The second kappa shape index (κ2) is 10.8. The largest absolute Gasteiger partial charge is 0.396 e. The Bertz CT molecular complexity index is 1190. The Balaban J connectivity index is 1.50. The number of aliphatic hydroxyl groups excluding tert-OH is 1. The highest BCUT2D eigenvalue weighted by molar-refractivity contribution is 5.85. The minimum atomic E-state index is -0.294. The van der Waals surface area contributed by atoms with E-state index in [1.165, 1.54) is 10.3 Å². The molecule has 2 heterocycles. The van der Waals surface area contributed by atoms with Crippen molar-refractivity contribution in [1.82, 2.24) is 19.2 Å². The van der Waals surface area contributed by atoms with Gasteiger partial charge in [-0.1, -0.05) is 48.5 Å². The van der Waals surface area contributed by atoms with E-state index < -0.39 is 0 Å². The number of hydrogen-bond donors (Lipinski definition) is 1. The summed E-state index contributed by atoms with van der Waals surface area (Å²) in [7, 11) is 0. The fourth-order valence-corrected chi connectivity index (χ4v) is 4.49. The predicted molar refractivity (Wildman–Crippen MR) is 133 cm³/mol. The van der Waals surface area contributed by atoms with Gasteiger partial charge in [0, 0.05) is 26.1 Å². The van der Waals surface area contributed by atoms with E-state index in [2.05, 4.69) is 16.1 Å². The summed E-state index contributed by atoms with van der Waals surface area (Å²) < 4.78 is 3.03. The maximum Gasteiger partial charge on any atom is 0.350 e. The highest BCUT2D eigenvalue weighted by Crippen LogP contribution is 2.30. The van der Waals surface area contributed by atoms with Crippen LogP contribution in [0.3, 0.4) is 0 Å². The number of aliphatic hydroxyl groups is 1. The van der Waals surface area contributed by atoms with Crippen molar-refractivity contribution in [2.45, 2.75) is 45.2 Å². The summed E-state index contributed by atoms with van der Waals surface area (Å²) in [6.45, 7) is 5.35. The van der Waals surface area contributed by atoms with Crippen molar-refractivity contribution >= 4 is 11.4 Å². The lowest BCUT2D eigenvalue weighted by Crippen LogP contribution is -2.37. The Kier molecular flexibility index (Phi) is 7.55. The van der Waals surface area contributed by atoms with Crippen LogP contribution in [0, 0.1) is 0 Å². The first-order chi connectivity index (χ1) is 16.5. The molecule has 3 aromatic rings. The fraction of sp³-hybridized carbons (Fsp3) is 0.370. The zero-order chi connectivity index (χ0) is 24.1. The van der Waals surface area contributed by atoms with Crippen molar-refractivity contribution in [2.24, 2.45) is 0 Å². The maximum atomic E-state index is 13.0.